The van der Waals surface area contributed by atoms with Crippen LogP contribution in [0, 0.1) is 5.92 Å². The SMILES string of the molecule is CC(C)C(N)CC(=O)Nc1ccc(Br)c2ccccc12. The number of nitrogens with one attached hydrogen (secondary N) is 1. The minimum Gasteiger partial charge on any atom is -0.327 e. The highest BCUT2D eigenvalue weighted by Crippen LogP contribution is 2.30. The fraction of sp³-hybridized carbons (Fsp3) is 0.312. The summed E-state index contributed by atoms with van der Waals surface area (Å²) in [4.78, 5) is 12.1. The van der Waals surface area contributed by atoms with Crippen LogP contribution in [0.25, 0.3) is 10.8 Å². The molecule has 0 spiro atoms. The van der Waals surface area contributed by atoms with Crippen LogP contribution >= 0.6 is 15.9 Å². The molecule has 20 heavy (non-hydrogen) atoms. The molecule has 0 aliphatic heterocycles. The summed E-state index contributed by atoms with van der Waals surface area (Å²) in [6.07, 6.45) is 0.335. The first kappa shape index (κ1) is 15.0. The molecule has 1 atom stereocenters. The molecule has 3 N–H and O–H groups in total. The van der Waals surface area contributed by atoms with Crippen molar-refractivity contribution >= 4 is 38.3 Å². The Balaban J connectivity index is 2.22. The Morgan fingerprint density at radius 3 is 2.50 bits per heavy atom. The molecule has 0 radical (unpaired) electrons. The lowest BCUT2D eigenvalue weighted by Crippen LogP contribution is -2.31. The van der Waals surface area contributed by atoms with E-state index < -0.39 is 0 Å². The average molecular weight is 335 g/mol. The van der Waals surface area contributed by atoms with Crippen LogP contribution in [0.5, 0.6) is 0 Å². The number of halogens is 1. The minimum absolute atomic E-state index is 0.0429. The number of fused-ring (bicyclic) bond motifs is 1. The summed E-state index contributed by atoms with van der Waals surface area (Å²) in [7, 11) is 0. The first-order valence-electron chi connectivity index (χ1n) is 6.71. The Labute approximate surface area is 127 Å². The summed E-state index contributed by atoms with van der Waals surface area (Å²) in [5.41, 5.74) is 6.76. The van der Waals surface area contributed by atoms with Crippen molar-refractivity contribution < 1.29 is 4.79 Å². The predicted octanol–water partition coefficient (Wildman–Crippen LogP) is 3.91. The number of carbonyl (C=O) groups is 1. The molecule has 1 amide bonds. The van der Waals surface area contributed by atoms with Crippen molar-refractivity contribution in [1.82, 2.24) is 0 Å². The third-order valence-electron chi connectivity index (χ3n) is 3.42. The fourth-order valence-electron chi connectivity index (χ4n) is 2.02. The second kappa shape index (κ2) is 6.37. The summed E-state index contributed by atoms with van der Waals surface area (Å²) in [5, 5.41) is 5.06. The normalized spacial score (nSPS) is 12.7. The maximum absolute atomic E-state index is 12.1. The van der Waals surface area contributed by atoms with E-state index in [4.69, 9.17) is 5.73 Å². The molecule has 0 aliphatic rings. The Hall–Kier alpha value is -1.39. The van der Waals surface area contributed by atoms with E-state index >= 15 is 0 Å². The predicted molar refractivity (Wildman–Crippen MR) is 87.7 cm³/mol. The van der Waals surface area contributed by atoms with Crippen molar-refractivity contribution in [1.29, 1.82) is 0 Å². The van der Waals surface area contributed by atoms with Crippen molar-refractivity contribution in [2.45, 2.75) is 26.3 Å². The molecular formula is C16H19BrN2O. The van der Waals surface area contributed by atoms with Gasteiger partial charge in [0, 0.05) is 28.0 Å². The molecule has 0 saturated heterocycles. The van der Waals surface area contributed by atoms with E-state index in [0.717, 1.165) is 20.9 Å². The highest BCUT2D eigenvalue weighted by atomic mass is 79.9. The number of anilines is 1. The van der Waals surface area contributed by atoms with Crippen molar-refractivity contribution in [2.24, 2.45) is 11.7 Å². The molecular weight excluding hydrogens is 316 g/mol. The van der Waals surface area contributed by atoms with E-state index in [1.165, 1.54) is 0 Å². The van der Waals surface area contributed by atoms with Gasteiger partial charge < -0.3 is 11.1 Å². The van der Waals surface area contributed by atoms with E-state index in [0.29, 0.717) is 12.3 Å². The van der Waals surface area contributed by atoms with Crippen LogP contribution in [0.4, 0.5) is 5.69 Å². The van der Waals surface area contributed by atoms with Crippen LogP contribution < -0.4 is 11.1 Å². The van der Waals surface area contributed by atoms with Gasteiger partial charge in [-0.1, -0.05) is 54.0 Å². The zero-order valence-electron chi connectivity index (χ0n) is 11.7. The number of hydrogen-bond donors (Lipinski definition) is 2. The largest absolute Gasteiger partial charge is 0.327 e. The molecule has 106 valence electrons. The molecule has 4 heteroatoms. The van der Waals surface area contributed by atoms with Crippen molar-refractivity contribution in [3.05, 3.63) is 40.9 Å². The van der Waals surface area contributed by atoms with Gasteiger partial charge in [-0.15, -0.1) is 0 Å². The zero-order chi connectivity index (χ0) is 14.7. The van der Waals surface area contributed by atoms with E-state index in [9.17, 15) is 4.79 Å². The second-order valence-electron chi connectivity index (χ2n) is 5.30. The third-order valence-corrected chi connectivity index (χ3v) is 4.11. The van der Waals surface area contributed by atoms with Crippen LogP contribution in [0.1, 0.15) is 20.3 Å². The van der Waals surface area contributed by atoms with Gasteiger partial charge in [0.05, 0.1) is 0 Å². The first-order valence-corrected chi connectivity index (χ1v) is 7.51. The lowest BCUT2D eigenvalue weighted by Gasteiger charge is -2.16. The van der Waals surface area contributed by atoms with Crippen LogP contribution in [0.2, 0.25) is 0 Å². The van der Waals surface area contributed by atoms with Crippen LogP contribution in [0.3, 0.4) is 0 Å². The maximum atomic E-state index is 12.1. The van der Waals surface area contributed by atoms with E-state index in [1.54, 1.807) is 0 Å². The Bertz CT molecular complexity index is 625. The van der Waals surface area contributed by atoms with E-state index in [1.807, 2.05) is 50.2 Å². The molecule has 2 aromatic carbocycles. The van der Waals surface area contributed by atoms with Crippen LogP contribution in [0.15, 0.2) is 40.9 Å². The molecule has 2 rings (SSSR count). The average Bonchev–Trinajstić information content (AvgIpc) is 2.42. The molecule has 0 aromatic heterocycles. The summed E-state index contributed by atoms with van der Waals surface area (Å²) in [5.74, 6) is 0.251. The van der Waals surface area contributed by atoms with Crippen LogP contribution in [-0.4, -0.2) is 11.9 Å². The number of rotatable bonds is 4. The minimum atomic E-state index is -0.114. The lowest BCUT2D eigenvalue weighted by molar-refractivity contribution is -0.116. The van der Waals surface area contributed by atoms with Gasteiger partial charge in [-0.25, -0.2) is 0 Å². The Kier molecular flexibility index (Phi) is 4.78. The topological polar surface area (TPSA) is 55.1 Å². The monoisotopic (exact) mass is 334 g/mol. The molecule has 0 heterocycles. The Morgan fingerprint density at radius 2 is 1.85 bits per heavy atom. The molecule has 0 fully saturated rings. The number of carbonyl (C=O) groups excluding carboxylic acids is 1. The summed E-state index contributed by atoms with van der Waals surface area (Å²) in [6.45, 7) is 4.04. The summed E-state index contributed by atoms with van der Waals surface area (Å²) < 4.78 is 1.02. The summed E-state index contributed by atoms with van der Waals surface area (Å²) >= 11 is 3.52. The third kappa shape index (κ3) is 3.38. The molecule has 0 bridgehead atoms. The van der Waals surface area contributed by atoms with Gasteiger partial charge >= 0.3 is 0 Å². The van der Waals surface area contributed by atoms with Crippen molar-refractivity contribution in [3.63, 3.8) is 0 Å². The highest BCUT2D eigenvalue weighted by Gasteiger charge is 2.14. The summed E-state index contributed by atoms with van der Waals surface area (Å²) in [6, 6.07) is 11.7. The number of hydrogen-bond acceptors (Lipinski definition) is 2. The molecule has 1 unspecified atom stereocenters. The van der Waals surface area contributed by atoms with E-state index in [-0.39, 0.29) is 11.9 Å². The molecule has 2 aromatic rings. The molecule has 3 nitrogen and oxygen atoms in total. The molecule has 0 aliphatic carbocycles. The van der Waals surface area contributed by atoms with Gasteiger partial charge in [-0.3, -0.25) is 4.79 Å². The van der Waals surface area contributed by atoms with Gasteiger partial charge in [0.1, 0.15) is 0 Å². The van der Waals surface area contributed by atoms with Crippen molar-refractivity contribution in [2.75, 3.05) is 5.32 Å². The zero-order valence-corrected chi connectivity index (χ0v) is 13.3. The van der Waals surface area contributed by atoms with E-state index in [2.05, 4.69) is 21.2 Å². The van der Waals surface area contributed by atoms with Gasteiger partial charge in [-0.05, 0) is 23.4 Å². The smallest absolute Gasteiger partial charge is 0.225 e. The standard InChI is InChI=1S/C16H19BrN2O/c1-10(2)14(18)9-16(20)19-15-8-7-13(17)11-5-3-4-6-12(11)15/h3-8,10,14H,9,18H2,1-2H3,(H,19,20). The quantitative estimate of drug-likeness (QED) is 0.890. The number of amides is 1. The highest BCUT2D eigenvalue weighted by molar-refractivity contribution is 9.10. The van der Waals surface area contributed by atoms with Gasteiger partial charge in [-0.2, -0.15) is 0 Å². The maximum Gasteiger partial charge on any atom is 0.225 e. The second-order valence-corrected chi connectivity index (χ2v) is 6.16. The Morgan fingerprint density at radius 1 is 1.20 bits per heavy atom. The van der Waals surface area contributed by atoms with Crippen LogP contribution in [-0.2, 0) is 4.79 Å². The fourth-order valence-corrected chi connectivity index (χ4v) is 2.50. The van der Waals surface area contributed by atoms with Gasteiger partial charge in [0.25, 0.3) is 0 Å². The first-order chi connectivity index (χ1) is 9.49. The van der Waals surface area contributed by atoms with Crippen molar-refractivity contribution in [3.8, 4) is 0 Å². The lowest BCUT2D eigenvalue weighted by atomic mass is 10.0. The van der Waals surface area contributed by atoms with Gasteiger partial charge in [0.2, 0.25) is 5.91 Å². The number of nitrogens with two attached hydrogens (primary N) is 1. The number of benzene rings is 2. The van der Waals surface area contributed by atoms with Gasteiger partial charge in [0.15, 0.2) is 0 Å². The molecule has 0 saturated carbocycles.